The number of carboxylic acids is 1. The summed E-state index contributed by atoms with van der Waals surface area (Å²) in [6, 6.07) is 3.22. The quantitative estimate of drug-likeness (QED) is 0.703. The van der Waals surface area contributed by atoms with Gasteiger partial charge in [0.15, 0.2) is 0 Å². The molecule has 7 heteroatoms. The topological polar surface area (TPSA) is 104 Å². The van der Waals surface area contributed by atoms with Crippen LogP contribution in [-0.4, -0.2) is 37.2 Å². The van der Waals surface area contributed by atoms with Crippen molar-refractivity contribution in [1.29, 1.82) is 0 Å². The third-order valence-corrected chi connectivity index (χ3v) is 4.27. The van der Waals surface area contributed by atoms with Crippen LogP contribution in [0.5, 0.6) is 0 Å². The molecule has 0 aliphatic carbocycles. The standard InChI is InChI=1S/C12H17NO5S/c1-8-3-4-10(7-9(8)2)19(17,18)13-11(5-6-14)12(15)16/h3-4,7,11,13-14H,5-6H2,1-2H3,(H,15,16)/t11-/m0/s1. The second-order valence-electron chi connectivity index (χ2n) is 4.27. The number of benzene rings is 1. The highest BCUT2D eigenvalue weighted by Gasteiger charge is 2.25. The van der Waals surface area contributed by atoms with Crippen LogP contribution in [0.25, 0.3) is 0 Å². The Balaban J connectivity index is 3.03. The van der Waals surface area contributed by atoms with E-state index in [0.29, 0.717) is 0 Å². The van der Waals surface area contributed by atoms with Crippen molar-refractivity contribution in [1.82, 2.24) is 4.72 Å². The van der Waals surface area contributed by atoms with Gasteiger partial charge in [0.25, 0.3) is 0 Å². The lowest BCUT2D eigenvalue weighted by Crippen LogP contribution is -2.41. The molecule has 0 saturated carbocycles. The zero-order valence-electron chi connectivity index (χ0n) is 10.8. The molecular formula is C12H17NO5S. The van der Waals surface area contributed by atoms with E-state index >= 15 is 0 Å². The molecule has 0 aliphatic rings. The monoisotopic (exact) mass is 287 g/mol. The number of carboxylic acid groups (broad SMARTS) is 1. The smallest absolute Gasteiger partial charge is 0.321 e. The first-order chi connectivity index (χ1) is 8.77. The molecule has 19 heavy (non-hydrogen) atoms. The second-order valence-corrected chi connectivity index (χ2v) is 5.98. The van der Waals surface area contributed by atoms with E-state index in [9.17, 15) is 13.2 Å². The van der Waals surface area contributed by atoms with Crippen molar-refractivity contribution in [2.75, 3.05) is 6.61 Å². The number of carbonyl (C=O) groups is 1. The second kappa shape index (κ2) is 6.14. The largest absolute Gasteiger partial charge is 0.480 e. The zero-order chi connectivity index (χ0) is 14.6. The Morgan fingerprint density at radius 1 is 1.32 bits per heavy atom. The first-order valence-corrected chi connectivity index (χ1v) is 7.19. The minimum Gasteiger partial charge on any atom is -0.480 e. The number of hydrogen-bond acceptors (Lipinski definition) is 4. The van der Waals surface area contributed by atoms with Crippen LogP contribution < -0.4 is 4.72 Å². The van der Waals surface area contributed by atoms with Crippen LogP contribution in [0.2, 0.25) is 0 Å². The molecule has 3 N–H and O–H groups in total. The normalized spacial score (nSPS) is 13.2. The Morgan fingerprint density at radius 2 is 1.95 bits per heavy atom. The van der Waals surface area contributed by atoms with E-state index in [1.165, 1.54) is 12.1 Å². The summed E-state index contributed by atoms with van der Waals surface area (Å²) in [6.07, 6.45) is -0.181. The average molecular weight is 287 g/mol. The van der Waals surface area contributed by atoms with Crippen LogP contribution in [0.4, 0.5) is 0 Å². The van der Waals surface area contributed by atoms with Gasteiger partial charge in [-0.25, -0.2) is 8.42 Å². The first-order valence-electron chi connectivity index (χ1n) is 5.71. The van der Waals surface area contributed by atoms with Gasteiger partial charge in [-0.15, -0.1) is 0 Å². The van der Waals surface area contributed by atoms with Crippen molar-refractivity contribution in [3.05, 3.63) is 29.3 Å². The molecule has 0 fully saturated rings. The molecule has 1 atom stereocenters. The van der Waals surface area contributed by atoms with Crippen molar-refractivity contribution in [2.24, 2.45) is 0 Å². The lowest BCUT2D eigenvalue weighted by molar-refractivity contribution is -0.139. The summed E-state index contributed by atoms with van der Waals surface area (Å²) in [6.45, 7) is 3.22. The summed E-state index contributed by atoms with van der Waals surface area (Å²) in [5, 5.41) is 17.6. The summed E-state index contributed by atoms with van der Waals surface area (Å²) in [5.74, 6) is -1.32. The van der Waals surface area contributed by atoms with E-state index in [0.717, 1.165) is 11.1 Å². The molecule has 0 saturated heterocycles. The molecule has 1 aromatic carbocycles. The number of sulfonamides is 1. The van der Waals surface area contributed by atoms with Crippen molar-refractivity contribution >= 4 is 16.0 Å². The van der Waals surface area contributed by atoms with Gasteiger partial charge in [0, 0.05) is 6.61 Å². The molecule has 0 amide bonds. The van der Waals surface area contributed by atoms with E-state index in [2.05, 4.69) is 4.72 Å². The number of aliphatic hydroxyl groups is 1. The number of aliphatic carboxylic acids is 1. The van der Waals surface area contributed by atoms with Gasteiger partial charge in [-0.05, 0) is 43.5 Å². The molecule has 6 nitrogen and oxygen atoms in total. The van der Waals surface area contributed by atoms with Crippen LogP contribution >= 0.6 is 0 Å². The summed E-state index contributed by atoms with van der Waals surface area (Å²) in [4.78, 5) is 10.9. The molecule has 0 aliphatic heterocycles. The van der Waals surface area contributed by atoms with Crippen LogP contribution in [-0.2, 0) is 14.8 Å². The fourth-order valence-electron chi connectivity index (χ4n) is 1.50. The van der Waals surface area contributed by atoms with Crippen LogP contribution in [0.15, 0.2) is 23.1 Å². The summed E-state index contributed by atoms with van der Waals surface area (Å²) in [7, 11) is -3.91. The third-order valence-electron chi connectivity index (χ3n) is 2.80. The van der Waals surface area contributed by atoms with Crippen molar-refractivity contribution in [3.8, 4) is 0 Å². The molecule has 1 rings (SSSR count). The lowest BCUT2D eigenvalue weighted by atomic mass is 10.1. The Kier molecular flexibility index (Phi) is 5.04. The van der Waals surface area contributed by atoms with Gasteiger partial charge in [-0.2, -0.15) is 4.72 Å². The maximum atomic E-state index is 12.0. The molecule has 0 radical (unpaired) electrons. The Labute approximate surface area is 112 Å². The minimum atomic E-state index is -3.91. The SMILES string of the molecule is Cc1ccc(S(=O)(=O)N[C@@H](CCO)C(=O)O)cc1C. The van der Waals surface area contributed by atoms with E-state index < -0.39 is 28.6 Å². The summed E-state index contributed by atoms with van der Waals surface area (Å²) in [5.41, 5.74) is 1.75. The maximum Gasteiger partial charge on any atom is 0.321 e. The first kappa shape index (κ1) is 15.6. The highest BCUT2D eigenvalue weighted by atomic mass is 32.2. The Bertz CT molecular complexity index is 567. The molecule has 0 aromatic heterocycles. The highest BCUT2D eigenvalue weighted by Crippen LogP contribution is 2.15. The number of rotatable bonds is 6. The number of aryl methyl sites for hydroxylation is 2. The molecule has 0 heterocycles. The van der Waals surface area contributed by atoms with Gasteiger partial charge in [-0.3, -0.25) is 4.79 Å². The third kappa shape index (κ3) is 4.02. The predicted molar refractivity (Wildman–Crippen MR) is 69.4 cm³/mol. The van der Waals surface area contributed by atoms with E-state index in [-0.39, 0.29) is 11.3 Å². The average Bonchev–Trinajstić information content (AvgIpc) is 2.31. The van der Waals surface area contributed by atoms with Gasteiger partial charge < -0.3 is 10.2 Å². The number of aliphatic hydroxyl groups excluding tert-OH is 1. The minimum absolute atomic E-state index is 0.0137. The van der Waals surface area contributed by atoms with Crippen molar-refractivity contribution in [2.45, 2.75) is 31.2 Å². The zero-order valence-corrected chi connectivity index (χ0v) is 11.6. The van der Waals surface area contributed by atoms with Crippen LogP contribution in [0.3, 0.4) is 0 Å². The van der Waals surface area contributed by atoms with Gasteiger partial charge >= 0.3 is 5.97 Å². The fourth-order valence-corrected chi connectivity index (χ4v) is 2.81. The molecule has 1 aromatic rings. The molecule has 0 bridgehead atoms. The molecule has 0 unspecified atom stereocenters. The van der Waals surface area contributed by atoms with E-state index in [1.807, 2.05) is 6.92 Å². The molecule has 0 spiro atoms. The van der Waals surface area contributed by atoms with Crippen molar-refractivity contribution < 1.29 is 23.4 Å². The maximum absolute atomic E-state index is 12.0. The molecular weight excluding hydrogens is 270 g/mol. The van der Waals surface area contributed by atoms with Gasteiger partial charge in [0.2, 0.25) is 10.0 Å². The van der Waals surface area contributed by atoms with Crippen molar-refractivity contribution in [3.63, 3.8) is 0 Å². The lowest BCUT2D eigenvalue weighted by Gasteiger charge is -2.14. The van der Waals surface area contributed by atoms with Crippen LogP contribution in [0, 0.1) is 13.8 Å². The summed E-state index contributed by atoms with van der Waals surface area (Å²) < 4.78 is 26.1. The van der Waals surface area contributed by atoms with Gasteiger partial charge in [0.05, 0.1) is 4.90 Å². The number of hydrogen-bond donors (Lipinski definition) is 3. The Hall–Kier alpha value is -1.44. The molecule has 106 valence electrons. The van der Waals surface area contributed by atoms with Crippen LogP contribution in [0.1, 0.15) is 17.5 Å². The highest BCUT2D eigenvalue weighted by molar-refractivity contribution is 7.89. The van der Waals surface area contributed by atoms with Gasteiger partial charge in [-0.1, -0.05) is 6.07 Å². The number of nitrogens with one attached hydrogen (secondary N) is 1. The predicted octanol–water partition coefficient (Wildman–Crippen LogP) is 0.417. The van der Waals surface area contributed by atoms with E-state index in [1.54, 1.807) is 13.0 Å². The van der Waals surface area contributed by atoms with E-state index in [4.69, 9.17) is 10.2 Å². The fraction of sp³-hybridized carbons (Fsp3) is 0.417. The Morgan fingerprint density at radius 3 is 2.42 bits per heavy atom. The van der Waals surface area contributed by atoms with Gasteiger partial charge in [0.1, 0.15) is 6.04 Å². The summed E-state index contributed by atoms with van der Waals surface area (Å²) >= 11 is 0.